The quantitative estimate of drug-likeness (QED) is 0.803. The zero-order valence-corrected chi connectivity index (χ0v) is 15.8. The summed E-state index contributed by atoms with van der Waals surface area (Å²) < 4.78 is 39.2. The van der Waals surface area contributed by atoms with Gasteiger partial charge in [0.1, 0.15) is 0 Å². The molecule has 138 valence electrons. The maximum Gasteiger partial charge on any atom is 0.217 e. The smallest absolute Gasteiger partial charge is 0.217 e. The molecule has 1 saturated heterocycles. The fourth-order valence-electron chi connectivity index (χ4n) is 5.16. The van der Waals surface area contributed by atoms with Crippen molar-refractivity contribution >= 4 is 10.0 Å². The van der Waals surface area contributed by atoms with Gasteiger partial charge in [-0.25, -0.2) is 8.42 Å². The number of nitrogens with zero attached hydrogens (tertiary/aromatic N) is 1. The van der Waals surface area contributed by atoms with Gasteiger partial charge in [0.05, 0.1) is 19.5 Å². The zero-order chi connectivity index (χ0) is 17.6. The lowest BCUT2D eigenvalue weighted by molar-refractivity contribution is 0.349. The molecular formula is C19H27NO4S. The fourth-order valence-corrected chi connectivity index (χ4v) is 7.73. The van der Waals surface area contributed by atoms with Crippen molar-refractivity contribution in [3.63, 3.8) is 0 Å². The lowest BCUT2D eigenvalue weighted by atomic mass is 10.0. The molecule has 4 rings (SSSR count). The van der Waals surface area contributed by atoms with Crippen LogP contribution in [-0.4, -0.2) is 38.7 Å². The van der Waals surface area contributed by atoms with Crippen molar-refractivity contribution in [2.75, 3.05) is 20.8 Å². The Bertz CT molecular complexity index is 748. The van der Waals surface area contributed by atoms with Crippen LogP contribution in [0.2, 0.25) is 0 Å². The normalized spacial score (nSPS) is 32.2. The minimum Gasteiger partial charge on any atom is -0.493 e. The molecule has 0 aromatic heterocycles. The van der Waals surface area contributed by atoms with Crippen LogP contribution in [0.1, 0.15) is 50.1 Å². The Kier molecular flexibility index (Phi) is 4.44. The minimum absolute atomic E-state index is 0.0797. The maximum atomic E-state index is 13.4. The number of methoxy groups -OCH3 is 2. The van der Waals surface area contributed by atoms with E-state index in [2.05, 4.69) is 0 Å². The topological polar surface area (TPSA) is 55.8 Å². The van der Waals surface area contributed by atoms with E-state index < -0.39 is 10.0 Å². The van der Waals surface area contributed by atoms with Gasteiger partial charge in [0.2, 0.25) is 10.0 Å². The number of benzene rings is 1. The summed E-state index contributed by atoms with van der Waals surface area (Å²) >= 11 is 0. The highest BCUT2D eigenvalue weighted by molar-refractivity contribution is 7.89. The maximum absolute atomic E-state index is 13.4. The summed E-state index contributed by atoms with van der Waals surface area (Å²) in [6.07, 6.45) is 6.06. The van der Waals surface area contributed by atoms with E-state index in [0.717, 1.165) is 37.7 Å². The van der Waals surface area contributed by atoms with Crippen molar-refractivity contribution in [2.45, 2.75) is 49.8 Å². The molecule has 2 aliphatic carbocycles. The van der Waals surface area contributed by atoms with Crippen molar-refractivity contribution in [2.24, 2.45) is 11.8 Å². The van der Waals surface area contributed by atoms with Crippen LogP contribution in [0.4, 0.5) is 0 Å². The fraction of sp³-hybridized carbons (Fsp3) is 0.684. The highest BCUT2D eigenvalue weighted by Crippen LogP contribution is 2.50. The molecule has 3 aliphatic rings. The third-order valence-corrected chi connectivity index (χ3v) is 8.81. The highest BCUT2D eigenvalue weighted by Gasteiger charge is 2.50. The largest absolute Gasteiger partial charge is 0.493 e. The minimum atomic E-state index is -3.24. The summed E-state index contributed by atoms with van der Waals surface area (Å²) in [7, 11) is -0.0193. The molecule has 4 unspecified atom stereocenters. The van der Waals surface area contributed by atoms with Crippen LogP contribution in [0.5, 0.6) is 11.5 Å². The molecule has 2 saturated carbocycles. The van der Waals surface area contributed by atoms with E-state index in [-0.39, 0.29) is 11.3 Å². The molecule has 0 N–H and O–H groups in total. The van der Waals surface area contributed by atoms with Gasteiger partial charge in [0.15, 0.2) is 11.5 Å². The third-order valence-electron chi connectivity index (χ3n) is 6.38. The lowest BCUT2D eigenvalue weighted by Crippen LogP contribution is -2.40. The molecule has 0 spiro atoms. The number of rotatable bonds is 5. The third kappa shape index (κ3) is 2.83. The van der Waals surface area contributed by atoms with Crippen LogP contribution in [-0.2, 0) is 10.0 Å². The second kappa shape index (κ2) is 6.47. The molecule has 6 heteroatoms. The van der Waals surface area contributed by atoms with E-state index in [1.807, 2.05) is 18.2 Å². The van der Waals surface area contributed by atoms with E-state index >= 15 is 0 Å². The first-order chi connectivity index (χ1) is 12.0. The van der Waals surface area contributed by atoms with Gasteiger partial charge in [-0.2, -0.15) is 4.31 Å². The molecule has 5 nitrogen and oxygen atoms in total. The molecule has 0 radical (unpaired) electrons. The summed E-state index contributed by atoms with van der Waals surface area (Å²) in [6.45, 7) is 0.634. The first kappa shape index (κ1) is 17.2. The first-order valence-corrected chi connectivity index (χ1v) is 10.8. The zero-order valence-electron chi connectivity index (χ0n) is 15.0. The van der Waals surface area contributed by atoms with Crippen molar-refractivity contribution in [3.8, 4) is 11.5 Å². The Hall–Kier alpha value is -1.27. The Morgan fingerprint density at radius 1 is 1.04 bits per heavy atom. The molecule has 1 heterocycles. The van der Waals surface area contributed by atoms with Crippen LogP contribution < -0.4 is 9.47 Å². The molecule has 1 aromatic carbocycles. The van der Waals surface area contributed by atoms with E-state index in [1.165, 1.54) is 6.42 Å². The van der Waals surface area contributed by atoms with Crippen molar-refractivity contribution in [1.82, 2.24) is 4.31 Å². The van der Waals surface area contributed by atoms with Crippen LogP contribution >= 0.6 is 0 Å². The second-order valence-electron chi connectivity index (χ2n) is 7.64. The van der Waals surface area contributed by atoms with Crippen molar-refractivity contribution in [1.29, 1.82) is 0 Å². The summed E-state index contributed by atoms with van der Waals surface area (Å²) in [6, 6.07) is 5.69. The molecule has 1 aliphatic heterocycles. The molecule has 3 fully saturated rings. The summed E-state index contributed by atoms with van der Waals surface area (Å²) in [4.78, 5) is 0. The molecule has 0 amide bonds. The lowest BCUT2D eigenvalue weighted by Gasteiger charge is -2.31. The predicted octanol–water partition coefficient (Wildman–Crippen LogP) is 3.36. The highest BCUT2D eigenvalue weighted by atomic mass is 32.2. The standard InChI is InChI=1S/C19H27NO4S/c1-23-17-8-7-14(12-18(17)24-2)16-4-3-9-20(16)25(21,22)19-11-13-5-6-15(19)10-13/h7-8,12-13,15-16,19H,3-6,9-11H2,1-2H3. The molecule has 4 atom stereocenters. The van der Waals surface area contributed by atoms with Crippen LogP contribution in [0.3, 0.4) is 0 Å². The monoisotopic (exact) mass is 365 g/mol. The number of sulfonamides is 1. The first-order valence-electron chi connectivity index (χ1n) is 9.27. The van der Waals surface area contributed by atoms with Crippen LogP contribution in [0.15, 0.2) is 18.2 Å². The van der Waals surface area contributed by atoms with Gasteiger partial charge in [-0.05, 0) is 61.6 Å². The summed E-state index contributed by atoms with van der Waals surface area (Å²) in [5.74, 6) is 2.34. The average Bonchev–Trinajstić information content (AvgIpc) is 3.37. The Balaban J connectivity index is 1.62. The molecular weight excluding hydrogens is 338 g/mol. The van der Waals surface area contributed by atoms with Crippen molar-refractivity contribution in [3.05, 3.63) is 23.8 Å². The van der Waals surface area contributed by atoms with Crippen LogP contribution in [0.25, 0.3) is 0 Å². The predicted molar refractivity (Wildman–Crippen MR) is 96.4 cm³/mol. The number of fused-ring (bicyclic) bond motifs is 2. The van der Waals surface area contributed by atoms with Crippen molar-refractivity contribution < 1.29 is 17.9 Å². The van der Waals surface area contributed by atoms with E-state index in [9.17, 15) is 8.42 Å². The van der Waals surface area contributed by atoms with Gasteiger partial charge in [0.25, 0.3) is 0 Å². The van der Waals surface area contributed by atoms with E-state index in [0.29, 0.717) is 29.9 Å². The van der Waals surface area contributed by atoms with Gasteiger partial charge < -0.3 is 9.47 Å². The Morgan fingerprint density at radius 2 is 1.84 bits per heavy atom. The number of hydrogen-bond donors (Lipinski definition) is 0. The Morgan fingerprint density at radius 3 is 2.48 bits per heavy atom. The van der Waals surface area contributed by atoms with Gasteiger partial charge >= 0.3 is 0 Å². The Labute approximate surface area is 150 Å². The summed E-state index contributed by atoms with van der Waals surface area (Å²) in [5, 5.41) is -0.160. The number of ether oxygens (including phenoxy) is 2. The van der Waals surface area contributed by atoms with E-state index in [4.69, 9.17) is 9.47 Å². The van der Waals surface area contributed by atoms with Gasteiger partial charge in [-0.15, -0.1) is 0 Å². The van der Waals surface area contributed by atoms with Gasteiger partial charge in [-0.1, -0.05) is 12.5 Å². The summed E-state index contributed by atoms with van der Waals surface area (Å²) in [5.41, 5.74) is 1.00. The molecule has 25 heavy (non-hydrogen) atoms. The molecule has 1 aromatic rings. The van der Waals surface area contributed by atoms with E-state index in [1.54, 1.807) is 18.5 Å². The van der Waals surface area contributed by atoms with Crippen LogP contribution in [0, 0.1) is 11.8 Å². The molecule has 2 bridgehead atoms. The van der Waals surface area contributed by atoms with Gasteiger partial charge in [0, 0.05) is 12.6 Å². The second-order valence-corrected chi connectivity index (χ2v) is 9.75. The average molecular weight is 365 g/mol. The van der Waals surface area contributed by atoms with Gasteiger partial charge in [-0.3, -0.25) is 0 Å². The SMILES string of the molecule is COc1ccc(C2CCCN2S(=O)(=O)C2CC3CCC2C3)cc1OC. The number of hydrogen-bond acceptors (Lipinski definition) is 4.